The third-order valence-corrected chi connectivity index (χ3v) is 4.04. The monoisotopic (exact) mass is 366 g/mol. The van der Waals surface area contributed by atoms with E-state index in [2.05, 4.69) is 46.7 Å². The Morgan fingerprint density at radius 2 is 1.29 bits per heavy atom. The Labute approximate surface area is 159 Å². The largest absolute Gasteiger partial charge is 3.00 e. The van der Waals surface area contributed by atoms with Gasteiger partial charge in [0.1, 0.15) is 0 Å². The van der Waals surface area contributed by atoms with E-state index in [0.717, 1.165) is 6.54 Å². The maximum Gasteiger partial charge on any atom is 3.00 e. The minimum absolute atomic E-state index is 0. The summed E-state index contributed by atoms with van der Waals surface area (Å²) in [4.78, 5) is 2.29. The topological polar surface area (TPSA) is 3.24 Å². The zero-order valence-electron chi connectivity index (χ0n) is 14.4. The van der Waals surface area contributed by atoms with Crippen molar-refractivity contribution in [2.75, 3.05) is 20.6 Å². The van der Waals surface area contributed by atoms with E-state index in [4.69, 9.17) is 0 Å². The van der Waals surface area contributed by atoms with Crippen LogP contribution in [0.25, 0.3) is 0 Å². The van der Waals surface area contributed by atoms with Gasteiger partial charge >= 0.3 is 21.7 Å². The first-order valence-corrected chi connectivity index (χ1v) is 7.56. The van der Waals surface area contributed by atoms with E-state index in [-0.39, 0.29) is 46.5 Å². The van der Waals surface area contributed by atoms with Crippen molar-refractivity contribution < 1.29 is 46.5 Å². The Balaban J connectivity index is -0.00000108. The summed E-state index contributed by atoms with van der Waals surface area (Å²) >= 11 is 0. The molecule has 0 amide bonds. The minimum atomic E-state index is 0. The van der Waals surface area contributed by atoms with E-state index in [1.165, 1.54) is 32.1 Å². The van der Waals surface area contributed by atoms with Crippen molar-refractivity contribution in [2.24, 2.45) is 0 Å². The van der Waals surface area contributed by atoms with Gasteiger partial charge in [0.25, 0.3) is 0 Å². The second-order valence-electron chi connectivity index (χ2n) is 5.36. The van der Waals surface area contributed by atoms with Crippen LogP contribution in [0.15, 0.2) is 0 Å². The summed E-state index contributed by atoms with van der Waals surface area (Å²) in [6.07, 6.45) is 5.99. The minimum Gasteiger partial charge on any atom is -1.00 e. The molecule has 0 bridgehead atoms. The molecular formula is C17H30Cl2NTi. The van der Waals surface area contributed by atoms with Gasteiger partial charge < -0.3 is 29.7 Å². The third-order valence-electron chi connectivity index (χ3n) is 4.04. The number of nitrogens with zero attached hydrogens (tertiary/aromatic N) is 1. The Kier molecular flexibility index (Phi) is 16.5. The van der Waals surface area contributed by atoms with Gasteiger partial charge in [0.05, 0.1) is 0 Å². The average Bonchev–Trinajstić information content (AvgIpc) is 2.67. The van der Waals surface area contributed by atoms with E-state index in [1.807, 2.05) is 0 Å². The summed E-state index contributed by atoms with van der Waals surface area (Å²) in [7, 11) is 4.34. The number of rotatable bonds is 7. The Bertz CT molecular complexity index is 357. The third kappa shape index (κ3) is 6.32. The molecule has 0 saturated carbocycles. The van der Waals surface area contributed by atoms with E-state index < -0.39 is 0 Å². The van der Waals surface area contributed by atoms with Crippen LogP contribution in [0.3, 0.4) is 0 Å². The fourth-order valence-electron chi connectivity index (χ4n) is 3.25. The van der Waals surface area contributed by atoms with Gasteiger partial charge in [0.15, 0.2) is 0 Å². The summed E-state index contributed by atoms with van der Waals surface area (Å²) in [5.41, 5.74) is 8.31. The molecule has 21 heavy (non-hydrogen) atoms. The molecule has 0 atom stereocenters. The Morgan fingerprint density at radius 3 is 1.62 bits per heavy atom. The van der Waals surface area contributed by atoms with Crippen LogP contribution in [0.2, 0.25) is 0 Å². The molecule has 0 heterocycles. The van der Waals surface area contributed by atoms with Gasteiger partial charge in [-0.05, 0) is 27.1 Å². The zero-order valence-corrected chi connectivity index (χ0v) is 17.5. The number of hydrogen-bond acceptors (Lipinski definition) is 1. The van der Waals surface area contributed by atoms with Crippen molar-refractivity contribution in [3.05, 3.63) is 27.8 Å². The molecule has 0 unspecified atom stereocenters. The smallest absolute Gasteiger partial charge is 1.00 e. The summed E-state index contributed by atoms with van der Waals surface area (Å²) in [6.45, 7) is 10.4. The molecule has 1 radical (unpaired) electrons. The molecule has 0 fully saturated rings. The van der Waals surface area contributed by atoms with Crippen molar-refractivity contribution >= 4 is 0 Å². The summed E-state index contributed by atoms with van der Waals surface area (Å²) < 4.78 is 0. The van der Waals surface area contributed by atoms with Crippen LogP contribution in [0.4, 0.5) is 0 Å². The van der Waals surface area contributed by atoms with Gasteiger partial charge in [0, 0.05) is 0 Å². The number of hydrogen-bond donors (Lipinski definition) is 0. The molecule has 0 aliphatic heterocycles. The van der Waals surface area contributed by atoms with Gasteiger partial charge in [0.2, 0.25) is 0 Å². The molecule has 1 aromatic carbocycles. The molecule has 0 N–H and O–H groups in total. The Morgan fingerprint density at radius 1 is 0.810 bits per heavy atom. The second-order valence-corrected chi connectivity index (χ2v) is 5.36. The molecular weight excluding hydrogens is 337 g/mol. The van der Waals surface area contributed by atoms with Gasteiger partial charge in [-0.2, -0.15) is 27.8 Å². The van der Waals surface area contributed by atoms with Crippen molar-refractivity contribution in [3.63, 3.8) is 0 Å². The Hall–Kier alpha value is 0.604. The normalized spacial score (nSPS) is 9.86. The maximum absolute atomic E-state index is 2.31. The molecule has 1 nitrogen and oxygen atoms in total. The van der Waals surface area contributed by atoms with Crippen LogP contribution in [0, 0.1) is 0 Å². The molecule has 0 aromatic heterocycles. The van der Waals surface area contributed by atoms with Crippen LogP contribution in [-0.2, 0) is 53.8 Å². The van der Waals surface area contributed by atoms with Gasteiger partial charge in [-0.25, -0.2) is 0 Å². The molecule has 0 aliphatic rings. The van der Waals surface area contributed by atoms with Gasteiger partial charge in [-0.15, -0.1) is 0 Å². The summed E-state index contributed by atoms with van der Waals surface area (Å²) in [6, 6.07) is 0. The average molecular weight is 367 g/mol. The SMILES string of the molecule is CCc1c(CC)c(CCN(C)C)[c-](CC)c1CC.[Cl-].[Cl-].[Ti+3]. The van der Waals surface area contributed by atoms with E-state index >= 15 is 0 Å². The van der Waals surface area contributed by atoms with Crippen LogP contribution in [-0.4, -0.2) is 25.5 Å². The molecule has 0 spiro atoms. The van der Waals surface area contributed by atoms with Crippen molar-refractivity contribution in [1.29, 1.82) is 0 Å². The zero-order chi connectivity index (χ0) is 13.7. The number of likely N-dealkylation sites (N-methyl/N-ethyl adjacent to an activating group) is 1. The second kappa shape index (κ2) is 13.1. The summed E-state index contributed by atoms with van der Waals surface area (Å²) in [5, 5.41) is 0. The predicted octanol–water partition coefficient (Wildman–Crippen LogP) is -2.24. The molecule has 0 aliphatic carbocycles. The van der Waals surface area contributed by atoms with Crippen LogP contribution in [0.5, 0.6) is 0 Å². The first kappa shape index (κ1) is 26.5. The fourth-order valence-corrected chi connectivity index (χ4v) is 3.25. The van der Waals surface area contributed by atoms with Crippen LogP contribution >= 0.6 is 0 Å². The van der Waals surface area contributed by atoms with E-state index in [1.54, 1.807) is 27.8 Å². The van der Waals surface area contributed by atoms with Crippen LogP contribution in [0.1, 0.15) is 55.5 Å². The first-order valence-electron chi connectivity index (χ1n) is 7.56. The van der Waals surface area contributed by atoms with Gasteiger partial charge in [-0.1, -0.05) is 53.4 Å². The van der Waals surface area contributed by atoms with Crippen LogP contribution < -0.4 is 24.8 Å². The fraction of sp³-hybridized carbons (Fsp3) is 0.706. The standard InChI is InChI=1S/C17H30N.2ClH.Ti/c1-7-13-14(8-2)16(10-4)17(15(13)9-3)11-12-18(5)6;;;/h7-12H2,1-6H3;2*1H;/q-1;;;+3/p-2. The predicted molar refractivity (Wildman–Crippen MR) is 81.8 cm³/mol. The first-order chi connectivity index (χ1) is 8.60. The van der Waals surface area contributed by atoms with Gasteiger partial charge in [-0.3, -0.25) is 0 Å². The molecule has 4 heteroatoms. The van der Waals surface area contributed by atoms with Crippen molar-refractivity contribution in [2.45, 2.75) is 59.8 Å². The molecule has 1 rings (SSSR count). The molecule has 0 saturated heterocycles. The molecule has 121 valence electrons. The quantitative estimate of drug-likeness (QED) is 0.390. The van der Waals surface area contributed by atoms with E-state index in [9.17, 15) is 0 Å². The van der Waals surface area contributed by atoms with Crippen molar-refractivity contribution in [3.8, 4) is 0 Å². The maximum atomic E-state index is 2.31. The molecule has 1 aromatic rings. The summed E-state index contributed by atoms with van der Waals surface area (Å²) in [5.74, 6) is 0. The number of halogens is 2. The van der Waals surface area contributed by atoms with Crippen molar-refractivity contribution in [1.82, 2.24) is 4.90 Å². The van der Waals surface area contributed by atoms with E-state index in [0.29, 0.717) is 0 Å².